The van der Waals surface area contributed by atoms with Crippen LogP contribution in [0.5, 0.6) is 0 Å². The van der Waals surface area contributed by atoms with Crippen molar-refractivity contribution in [3.8, 4) is 11.1 Å². The highest BCUT2D eigenvalue weighted by Crippen LogP contribution is 2.26. The number of benzene rings is 1. The number of aryl methyl sites for hydroxylation is 1. The van der Waals surface area contributed by atoms with E-state index in [1.165, 1.54) is 24.8 Å². The van der Waals surface area contributed by atoms with E-state index in [1.54, 1.807) is 6.20 Å². The molecule has 0 aliphatic rings. The molecule has 0 saturated carbocycles. The summed E-state index contributed by atoms with van der Waals surface area (Å²) in [4.78, 5) is 15.1. The lowest BCUT2D eigenvalue weighted by atomic mass is 9.95. The Morgan fingerprint density at radius 1 is 1.05 bits per heavy atom. The van der Waals surface area contributed by atoms with E-state index >= 15 is 0 Å². The van der Waals surface area contributed by atoms with Crippen molar-refractivity contribution in [3.05, 3.63) is 53.9 Å². The summed E-state index contributed by atoms with van der Waals surface area (Å²) in [7, 11) is 0. The van der Waals surface area contributed by atoms with Crippen molar-refractivity contribution in [1.29, 1.82) is 0 Å². The molecule has 2 heteroatoms. The van der Waals surface area contributed by atoms with Crippen molar-refractivity contribution >= 4 is 6.29 Å². The second-order valence-corrected chi connectivity index (χ2v) is 4.62. The second-order valence-electron chi connectivity index (χ2n) is 4.62. The summed E-state index contributed by atoms with van der Waals surface area (Å²) >= 11 is 0. The van der Waals surface area contributed by atoms with Gasteiger partial charge in [-0.15, -0.1) is 0 Å². The van der Waals surface area contributed by atoms with Crippen LogP contribution in [0.15, 0.2) is 42.6 Å². The van der Waals surface area contributed by atoms with E-state index in [-0.39, 0.29) is 0 Å². The maximum atomic E-state index is 11.0. The molecule has 0 N–H and O–H groups in total. The SMILES string of the molecule is CCCCCc1ccccc1-c1cccnc1[C]=O. The molecule has 2 nitrogen and oxygen atoms in total. The zero-order valence-corrected chi connectivity index (χ0v) is 11.2. The molecular formula is C17H18NO. The van der Waals surface area contributed by atoms with Crippen molar-refractivity contribution in [1.82, 2.24) is 4.98 Å². The molecule has 97 valence electrons. The van der Waals surface area contributed by atoms with Crippen LogP contribution >= 0.6 is 0 Å². The fraction of sp³-hybridized carbons (Fsp3) is 0.294. The Bertz CT molecular complexity index is 548. The minimum absolute atomic E-state index is 0.394. The predicted octanol–water partition coefficient (Wildman–Crippen LogP) is 3.94. The van der Waals surface area contributed by atoms with Crippen molar-refractivity contribution in [2.45, 2.75) is 32.6 Å². The first-order valence-electron chi connectivity index (χ1n) is 6.78. The molecule has 1 radical (unpaired) electrons. The highest BCUT2D eigenvalue weighted by Gasteiger charge is 2.09. The zero-order chi connectivity index (χ0) is 13.5. The number of unbranched alkanes of at least 4 members (excludes halogenated alkanes) is 2. The van der Waals surface area contributed by atoms with Gasteiger partial charge < -0.3 is 0 Å². The first-order chi connectivity index (χ1) is 9.36. The maximum Gasteiger partial charge on any atom is 0.254 e. The standard InChI is InChI=1S/C17H18NO/c1-2-3-4-8-14-9-5-6-10-15(14)16-11-7-12-18-17(16)13-19/h5-7,9-12H,2-4,8H2,1H3. The molecule has 1 aromatic heterocycles. The van der Waals surface area contributed by atoms with Gasteiger partial charge in [-0.05, 0) is 30.0 Å². The molecule has 1 aromatic carbocycles. The van der Waals surface area contributed by atoms with Gasteiger partial charge >= 0.3 is 0 Å². The molecular weight excluding hydrogens is 234 g/mol. The fourth-order valence-electron chi connectivity index (χ4n) is 2.27. The van der Waals surface area contributed by atoms with Crippen LogP contribution in [0, 0.1) is 0 Å². The molecule has 2 rings (SSSR count). The lowest BCUT2D eigenvalue weighted by Gasteiger charge is -2.10. The summed E-state index contributed by atoms with van der Waals surface area (Å²) in [5.41, 5.74) is 3.65. The zero-order valence-electron chi connectivity index (χ0n) is 11.2. The van der Waals surface area contributed by atoms with Crippen LogP contribution < -0.4 is 0 Å². The van der Waals surface area contributed by atoms with Crippen LogP contribution in [0.1, 0.15) is 37.4 Å². The molecule has 0 fully saturated rings. The van der Waals surface area contributed by atoms with E-state index in [0.717, 1.165) is 17.5 Å². The van der Waals surface area contributed by atoms with Crippen LogP contribution in [0.25, 0.3) is 11.1 Å². The third-order valence-electron chi connectivity index (χ3n) is 3.26. The third kappa shape index (κ3) is 3.28. The van der Waals surface area contributed by atoms with Gasteiger partial charge in [-0.3, -0.25) is 9.78 Å². The Labute approximate surface area is 114 Å². The molecule has 0 amide bonds. The van der Waals surface area contributed by atoms with Crippen molar-refractivity contribution < 1.29 is 4.79 Å². The molecule has 2 aromatic rings. The molecule has 0 saturated heterocycles. The van der Waals surface area contributed by atoms with Crippen LogP contribution in [0.2, 0.25) is 0 Å². The van der Waals surface area contributed by atoms with E-state index in [9.17, 15) is 4.79 Å². The van der Waals surface area contributed by atoms with Crippen LogP contribution in [-0.4, -0.2) is 11.3 Å². The largest absolute Gasteiger partial charge is 0.283 e. The predicted molar refractivity (Wildman–Crippen MR) is 77.7 cm³/mol. The van der Waals surface area contributed by atoms with Crippen molar-refractivity contribution in [2.24, 2.45) is 0 Å². The Hall–Kier alpha value is -1.96. The van der Waals surface area contributed by atoms with Crippen LogP contribution in [-0.2, 0) is 11.2 Å². The van der Waals surface area contributed by atoms with Gasteiger partial charge in [0.2, 0.25) is 0 Å². The molecule has 0 spiro atoms. The van der Waals surface area contributed by atoms with Gasteiger partial charge in [0.05, 0.1) is 0 Å². The lowest BCUT2D eigenvalue weighted by molar-refractivity contribution is 0.561. The Balaban J connectivity index is 2.35. The maximum absolute atomic E-state index is 11.0. The average molecular weight is 252 g/mol. The molecule has 0 aliphatic heterocycles. The van der Waals surface area contributed by atoms with Crippen LogP contribution in [0.3, 0.4) is 0 Å². The molecule has 0 aliphatic carbocycles. The van der Waals surface area contributed by atoms with Gasteiger partial charge in [0.15, 0.2) is 0 Å². The molecule has 1 heterocycles. The van der Waals surface area contributed by atoms with Gasteiger partial charge in [0.1, 0.15) is 5.69 Å². The van der Waals surface area contributed by atoms with E-state index in [1.807, 2.05) is 30.6 Å². The van der Waals surface area contributed by atoms with E-state index in [0.29, 0.717) is 5.69 Å². The van der Waals surface area contributed by atoms with E-state index < -0.39 is 0 Å². The number of hydrogen-bond donors (Lipinski definition) is 0. The topological polar surface area (TPSA) is 30.0 Å². The highest BCUT2D eigenvalue weighted by atomic mass is 16.1. The quantitative estimate of drug-likeness (QED) is 0.729. The fourth-order valence-corrected chi connectivity index (χ4v) is 2.27. The number of rotatable bonds is 6. The highest BCUT2D eigenvalue weighted by molar-refractivity contribution is 5.86. The number of hydrogen-bond acceptors (Lipinski definition) is 2. The van der Waals surface area contributed by atoms with Crippen molar-refractivity contribution in [2.75, 3.05) is 0 Å². The number of aromatic nitrogens is 1. The molecule has 0 atom stereocenters. The van der Waals surface area contributed by atoms with Gasteiger partial charge in [-0.1, -0.05) is 50.1 Å². The summed E-state index contributed by atoms with van der Waals surface area (Å²) < 4.78 is 0. The minimum Gasteiger partial charge on any atom is -0.283 e. The first-order valence-corrected chi connectivity index (χ1v) is 6.78. The number of nitrogens with zero attached hydrogens (tertiary/aromatic N) is 1. The summed E-state index contributed by atoms with van der Waals surface area (Å²) in [6.45, 7) is 2.20. The molecule has 0 unspecified atom stereocenters. The average Bonchev–Trinajstić information content (AvgIpc) is 2.48. The summed E-state index contributed by atoms with van der Waals surface area (Å²) in [5.74, 6) is 0. The Kier molecular flexibility index (Phi) is 4.85. The number of pyridine rings is 1. The van der Waals surface area contributed by atoms with Gasteiger partial charge in [0, 0.05) is 11.8 Å². The third-order valence-corrected chi connectivity index (χ3v) is 3.26. The van der Waals surface area contributed by atoms with E-state index in [2.05, 4.69) is 24.0 Å². The van der Waals surface area contributed by atoms with Crippen LogP contribution in [0.4, 0.5) is 0 Å². The second kappa shape index (κ2) is 6.83. The Morgan fingerprint density at radius 2 is 1.84 bits per heavy atom. The summed E-state index contributed by atoms with van der Waals surface area (Å²) in [6, 6.07) is 12.0. The van der Waals surface area contributed by atoms with Gasteiger partial charge in [-0.2, -0.15) is 0 Å². The van der Waals surface area contributed by atoms with Gasteiger partial charge in [-0.25, -0.2) is 0 Å². The lowest BCUT2D eigenvalue weighted by Crippen LogP contribution is -1.96. The molecule has 0 bridgehead atoms. The molecule has 19 heavy (non-hydrogen) atoms. The summed E-state index contributed by atoms with van der Waals surface area (Å²) in [6.07, 6.45) is 8.21. The van der Waals surface area contributed by atoms with Crippen molar-refractivity contribution in [3.63, 3.8) is 0 Å². The monoisotopic (exact) mass is 252 g/mol. The van der Waals surface area contributed by atoms with E-state index in [4.69, 9.17) is 0 Å². The smallest absolute Gasteiger partial charge is 0.254 e. The summed E-state index contributed by atoms with van der Waals surface area (Å²) in [5, 5.41) is 0. The normalized spacial score (nSPS) is 10.4. The minimum atomic E-state index is 0.394. The number of carbonyl (C=O) groups excluding carboxylic acids is 1. The first kappa shape index (κ1) is 13.5. The Morgan fingerprint density at radius 3 is 2.63 bits per heavy atom. The van der Waals surface area contributed by atoms with Gasteiger partial charge in [0.25, 0.3) is 6.29 Å².